The fourth-order valence-electron chi connectivity index (χ4n) is 2.10. The Bertz CT molecular complexity index is 600. The van der Waals surface area contributed by atoms with Gasteiger partial charge < -0.3 is 4.90 Å². The van der Waals surface area contributed by atoms with Gasteiger partial charge in [0.25, 0.3) is 0 Å². The van der Waals surface area contributed by atoms with Crippen molar-refractivity contribution in [1.82, 2.24) is 14.6 Å². The molecule has 1 aliphatic rings. The summed E-state index contributed by atoms with van der Waals surface area (Å²) in [6, 6.07) is 1.94. The lowest BCUT2D eigenvalue weighted by atomic mass is 10.2. The summed E-state index contributed by atoms with van der Waals surface area (Å²) in [4.78, 5) is 18.2. The van der Waals surface area contributed by atoms with Crippen molar-refractivity contribution in [2.45, 2.75) is 19.8 Å². The van der Waals surface area contributed by atoms with Crippen LogP contribution in [0.1, 0.15) is 30.1 Å². The van der Waals surface area contributed by atoms with E-state index >= 15 is 0 Å². The van der Waals surface area contributed by atoms with E-state index in [1.807, 2.05) is 19.3 Å². The van der Waals surface area contributed by atoms with Crippen LogP contribution in [0.4, 0.5) is 5.82 Å². The first-order valence-electron chi connectivity index (χ1n) is 6.21. The summed E-state index contributed by atoms with van der Waals surface area (Å²) in [5, 5.41) is 4.13. The average molecular weight is 244 g/mol. The first-order chi connectivity index (χ1) is 8.65. The summed E-state index contributed by atoms with van der Waals surface area (Å²) in [5.41, 5.74) is 1.22. The number of anilines is 1. The summed E-state index contributed by atoms with van der Waals surface area (Å²) in [6.07, 6.45) is 6.07. The van der Waals surface area contributed by atoms with Gasteiger partial charge in [-0.3, -0.25) is 4.79 Å². The SMILES string of the molecule is CC(=O)c1cnn2ccc(N(C)CC3CC3)nc12. The Kier molecular flexibility index (Phi) is 2.54. The molecule has 5 nitrogen and oxygen atoms in total. The van der Waals surface area contributed by atoms with Crippen LogP contribution in [0.25, 0.3) is 5.65 Å². The van der Waals surface area contributed by atoms with Crippen molar-refractivity contribution in [3.63, 3.8) is 0 Å². The quantitative estimate of drug-likeness (QED) is 0.769. The van der Waals surface area contributed by atoms with Crippen LogP contribution in [0.3, 0.4) is 0 Å². The molecule has 0 atom stereocenters. The lowest BCUT2D eigenvalue weighted by Crippen LogP contribution is -2.21. The Balaban J connectivity index is 1.97. The van der Waals surface area contributed by atoms with E-state index in [9.17, 15) is 4.79 Å². The Labute approximate surface area is 105 Å². The van der Waals surface area contributed by atoms with E-state index < -0.39 is 0 Å². The van der Waals surface area contributed by atoms with Gasteiger partial charge in [0.2, 0.25) is 0 Å². The summed E-state index contributed by atoms with van der Waals surface area (Å²) in [6.45, 7) is 2.58. The second-order valence-electron chi connectivity index (χ2n) is 4.99. The Morgan fingerprint density at radius 2 is 2.33 bits per heavy atom. The number of carbonyl (C=O) groups is 1. The van der Waals surface area contributed by atoms with E-state index in [0.29, 0.717) is 11.2 Å². The van der Waals surface area contributed by atoms with Crippen molar-refractivity contribution in [2.75, 3.05) is 18.5 Å². The largest absolute Gasteiger partial charge is 0.359 e. The molecule has 2 aromatic heterocycles. The number of hydrogen-bond donors (Lipinski definition) is 0. The highest BCUT2D eigenvalue weighted by atomic mass is 16.1. The highest BCUT2D eigenvalue weighted by Gasteiger charge is 2.23. The zero-order chi connectivity index (χ0) is 12.7. The van der Waals surface area contributed by atoms with Gasteiger partial charge in [-0.15, -0.1) is 0 Å². The monoisotopic (exact) mass is 244 g/mol. The third-order valence-corrected chi connectivity index (χ3v) is 3.35. The second kappa shape index (κ2) is 4.08. The van der Waals surface area contributed by atoms with Crippen molar-refractivity contribution >= 4 is 17.2 Å². The van der Waals surface area contributed by atoms with Gasteiger partial charge in [-0.1, -0.05) is 0 Å². The number of ketones is 1. The Morgan fingerprint density at radius 1 is 1.56 bits per heavy atom. The van der Waals surface area contributed by atoms with Crippen LogP contribution < -0.4 is 4.90 Å². The number of Topliss-reactive ketones (excluding diaryl/α,β-unsaturated/α-hetero) is 1. The van der Waals surface area contributed by atoms with Crippen molar-refractivity contribution < 1.29 is 4.79 Å². The predicted molar refractivity (Wildman–Crippen MR) is 69.0 cm³/mol. The molecule has 0 amide bonds. The van der Waals surface area contributed by atoms with E-state index in [0.717, 1.165) is 18.3 Å². The fourth-order valence-corrected chi connectivity index (χ4v) is 2.10. The highest BCUT2D eigenvalue weighted by Crippen LogP contribution is 2.30. The minimum atomic E-state index is -0.000467. The Hall–Kier alpha value is -1.91. The number of hydrogen-bond acceptors (Lipinski definition) is 4. The number of fused-ring (bicyclic) bond motifs is 1. The third-order valence-electron chi connectivity index (χ3n) is 3.35. The van der Waals surface area contributed by atoms with E-state index in [1.54, 1.807) is 17.6 Å². The number of nitrogens with zero attached hydrogens (tertiary/aromatic N) is 4. The molecular formula is C13H16N4O. The van der Waals surface area contributed by atoms with Gasteiger partial charge in [-0.25, -0.2) is 9.50 Å². The molecule has 0 radical (unpaired) electrons. The molecule has 0 unspecified atom stereocenters. The molecule has 0 spiro atoms. The van der Waals surface area contributed by atoms with Crippen LogP contribution in [-0.4, -0.2) is 34.0 Å². The molecule has 0 saturated heterocycles. The fraction of sp³-hybridized carbons (Fsp3) is 0.462. The van der Waals surface area contributed by atoms with Gasteiger partial charge >= 0.3 is 0 Å². The zero-order valence-corrected chi connectivity index (χ0v) is 10.6. The van der Waals surface area contributed by atoms with Crippen LogP contribution in [0, 0.1) is 5.92 Å². The molecule has 18 heavy (non-hydrogen) atoms. The van der Waals surface area contributed by atoms with Gasteiger partial charge in [0, 0.05) is 19.8 Å². The molecule has 94 valence electrons. The molecule has 0 N–H and O–H groups in total. The van der Waals surface area contributed by atoms with E-state index in [1.165, 1.54) is 12.8 Å². The van der Waals surface area contributed by atoms with Crippen LogP contribution >= 0.6 is 0 Å². The van der Waals surface area contributed by atoms with E-state index in [-0.39, 0.29) is 5.78 Å². The number of rotatable bonds is 4. The average Bonchev–Trinajstić information content (AvgIpc) is 3.05. The standard InChI is InChI=1S/C13H16N4O/c1-9(18)11-7-14-17-6-5-12(15-13(11)17)16(2)8-10-3-4-10/h5-7,10H,3-4,8H2,1-2H3. The minimum absolute atomic E-state index is 0.000467. The van der Waals surface area contributed by atoms with Crippen LogP contribution in [0.5, 0.6) is 0 Å². The lowest BCUT2D eigenvalue weighted by Gasteiger charge is -2.17. The molecule has 0 aromatic carbocycles. The second-order valence-corrected chi connectivity index (χ2v) is 4.99. The van der Waals surface area contributed by atoms with Crippen molar-refractivity contribution in [1.29, 1.82) is 0 Å². The zero-order valence-electron chi connectivity index (χ0n) is 10.6. The first kappa shape index (κ1) is 11.2. The molecule has 1 saturated carbocycles. The molecule has 0 aliphatic heterocycles. The van der Waals surface area contributed by atoms with Gasteiger partial charge in [0.15, 0.2) is 11.4 Å². The molecule has 2 heterocycles. The maximum atomic E-state index is 11.5. The maximum Gasteiger partial charge on any atom is 0.168 e. The summed E-state index contributed by atoms with van der Waals surface area (Å²) >= 11 is 0. The van der Waals surface area contributed by atoms with Gasteiger partial charge in [0.05, 0.1) is 11.8 Å². The van der Waals surface area contributed by atoms with Crippen molar-refractivity contribution in [3.8, 4) is 0 Å². The third kappa shape index (κ3) is 1.96. The highest BCUT2D eigenvalue weighted by molar-refractivity contribution is 5.99. The molecule has 5 heteroatoms. The molecule has 2 aromatic rings. The van der Waals surface area contributed by atoms with Gasteiger partial charge in [0.1, 0.15) is 5.82 Å². The van der Waals surface area contributed by atoms with Gasteiger partial charge in [-0.05, 0) is 31.7 Å². The van der Waals surface area contributed by atoms with E-state index in [2.05, 4.69) is 15.0 Å². The van der Waals surface area contributed by atoms with Crippen LogP contribution in [0.15, 0.2) is 18.5 Å². The van der Waals surface area contributed by atoms with Gasteiger partial charge in [-0.2, -0.15) is 5.10 Å². The van der Waals surface area contributed by atoms with Crippen molar-refractivity contribution in [2.24, 2.45) is 5.92 Å². The normalized spacial score (nSPS) is 15.0. The molecule has 1 fully saturated rings. The molecular weight excluding hydrogens is 228 g/mol. The van der Waals surface area contributed by atoms with E-state index in [4.69, 9.17) is 0 Å². The lowest BCUT2D eigenvalue weighted by molar-refractivity contribution is 0.101. The van der Waals surface area contributed by atoms with Crippen LogP contribution in [0.2, 0.25) is 0 Å². The number of aromatic nitrogens is 3. The first-order valence-corrected chi connectivity index (χ1v) is 6.21. The molecule has 0 bridgehead atoms. The molecule has 3 rings (SSSR count). The van der Waals surface area contributed by atoms with Crippen molar-refractivity contribution in [3.05, 3.63) is 24.0 Å². The van der Waals surface area contributed by atoms with Crippen LogP contribution in [-0.2, 0) is 0 Å². The maximum absolute atomic E-state index is 11.5. The molecule has 1 aliphatic carbocycles. The Morgan fingerprint density at radius 3 is 3.00 bits per heavy atom. The smallest absolute Gasteiger partial charge is 0.168 e. The topological polar surface area (TPSA) is 50.5 Å². The number of carbonyl (C=O) groups excluding carboxylic acids is 1. The summed E-state index contributed by atoms with van der Waals surface area (Å²) in [5.74, 6) is 1.71. The summed E-state index contributed by atoms with van der Waals surface area (Å²) < 4.78 is 1.64. The summed E-state index contributed by atoms with van der Waals surface area (Å²) in [7, 11) is 2.04. The predicted octanol–water partition coefficient (Wildman–Crippen LogP) is 1.78. The minimum Gasteiger partial charge on any atom is -0.359 e.